The highest BCUT2D eigenvalue weighted by molar-refractivity contribution is 5.78. The van der Waals surface area contributed by atoms with E-state index in [1.807, 2.05) is 36.2 Å². The number of carbonyl (C=O) groups is 1. The number of likely N-dealkylation sites (N-methyl/N-ethyl adjacent to an activating group) is 1. The van der Waals surface area contributed by atoms with Gasteiger partial charge in [0.05, 0.1) is 20.2 Å². The zero-order valence-corrected chi connectivity index (χ0v) is 10.8. The van der Waals surface area contributed by atoms with E-state index in [0.29, 0.717) is 13.1 Å². The van der Waals surface area contributed by atoms with E-state index in [9.17, 15) is 4.79 Å². The molecule has 0 aliphatic carbocycles. The van der Waals surface area contributed by atoms with E-state index in [1.165, 1.54) is 0 Å². The van der Waals surface area contributed by atoms with Gasteiger partial charge in [-0.25, -0.2) is 0 Å². The van der Waals surface area contributed by atoms with Crippen LogP contribution in [0.5, 0.6) is 5.75 Å². The number of benzene rings is 1. The van der Waals surface area contributed by atoms with Gasteiger partial charge in [-0.15, -0.1) is 6.42 Å². The molecule has 1 aromatic rings. The first-order valence-electron chi connectivity index (χ1n) is 5.67. The zero-order valence-electron chi connectivity index (χ0n) is 10.8. The lowest BCUT2D eigenvalue weighted by molar-refractivity contribution is -0.121. The molecule has 1 amide bonds. The van der Waals surface area contributed by atoms with Crippen LogP contribution < -0.4 is 10.1 Å². The van der Waals surface area contributed by atoms with Crippen LogP contribution in [-0.4, -0.2) is 38.1 Å². The number of rotatable bonds is 6. The number of terminal acetylenes is 1. The highest BCUT2D eigenvalue weighted by Gasteiger charge is 2.06. The highest BCUT2D eigenvalue weighted by atomic mass is 16.5. The quantitative estimate of drug-likeness (QED) is 0.758. The number of carbonyl (C=O) groups excluding carboxylic acids is 1. The molecule has 0 atom stereocenters. The molecule has 0 heterocycles. The molecule has 18 heavy (non-hydrogen) atoms. The summed E-state index contributed by atoms with van der Waals surface area (Å²) in [7, 11) is 3.52. The summed E-state index contributed by atoms with van der Waals surface area (Å²) in [5.41, 5.74) is 1.13. The van der Waals surface area contributed by atoms with E-state index < -0.39 is 0 Å². The minimum atomic E-state index is -0.0658. The molecular weight excluding hydrogens is 228 g/mol. The van der Waals surface area contributed by atoms with Crippen LogP contribution in [0.15, 0.2) is 24.3 Å². The first-order chi connectivity index (χ1) is 8.65. The van der Waals surface area contributed by atoms with Crippen molar-refractivity contribution in [3.8, 4) is 18.1 Å². The molecule has 0 spiro atoms. The summed E-state index contributed by atoms with van der Waals surface area (Å²) in [6.45, 7) is 1.30. The van der Waals surface area contributed by atoms with E-state index in [1.54, 1.807) is 7.11 Å². The monoisotopic (exact) mass is 246 g/mol. The van der Waals surface area contributed by atoms with Gasteiger partial charge >= 0.3 is 0 Å². The third-order valence-electron chi connectivity index (χ3n) is 2.41. The molecule has 0 saturated carbocycles. The molecule has 1 rings (SSSR count). The third kappa shape index (κ3) is 4.89. The van der Waals surface area contributed by atoms with Crippen molar-refractivity contribution in [3.63, 3.8) is 0 Å². The molecule has 0 radical (unpaired) electrons. The molecule has 4 nitrogen and oxygen atoms in total. The Balaban J connectivity index is 2.41. The number of hydrogen-bond donors (Lipinski definition) is 1. The molecule has 0 unspecified atom stereocenters. The van der Waals surface area contributed by atoms with Crippen molar-refractivity contribution >= 4 is 5.91 Å². The Labute approximate surface area is 108 Å². The molecule has 0 aliphatic heterocycles. The summed E-state index contributed by atoms with van der Waals surface area (Å²) in [5, 5.41) is 2.63. The predicted octanol–water partition coefficient (Wildman–Crippen LogP) is 0.876. The largest absolute Gasteiger partial charge is 0.497 e. The van der Waals surface area contributed by atoms with E-state index in [0.717, 1.165) is 11.3 Å². The number of nitrogens with zero attached hydrogens (tertiary/aromatic N) is 1. The Morgan fingerprint density at radius 2 is 2.11 bits per heavy atom. The summed E-state index contributed by atoms with van der Waals surface area (Å²) in [6, 6.07) is 7.77. The Bertz CT molecular complexity index is 420. The number of amides is 1. The third-order valence-corrected chi connectivity index (χ3v) is 2.41. The van der Waals surface area contributed by atoms with Gasteiger partial charge in [0.25, 0.3) is 0 Å². The van der Waals surface area contributed by atoms with Gasteiger partial charge in [0.2, 0.25) is 5.91 Å². The minimum Gasteiger partial charge on any atom is -0.497 e. The normalized spacial score (nSPS) is 9.89. The Kier molecular flexibility index (Phi) is 5.75. The van der Waals surface area contributed by atoms with Gasteiger partial charge in [-0.2, -0.15) is 0 Å². The summed E-state index contributed by atoms with van der Waals surface area (Å²) < 4.78 is 5.09. The summed E-state index contributed by atoms with van der Waals surface area (Å²) in [4.78, 5) is 13.4. The van der Waals surface area contributed by atoms with Crippen molar-refractivity contribution in [1.82, 2.24) is 10.2 Å². The SMILES string of the molecule is C#CCNC(=O)CN(C)Cc1ccc(OC)cc1. The maximum absolute atomic E-state index is 11.4. The average molecular weight is 246 g/mol. The first-order valence-corrected chi connectivity index (χ1v) is 5.67. The predicted molar refractivity (Wildman–Crippen MR) is 71.2 cm³/mol. The molecule has 96 valence electrons. The van der Waals surface area contributed by atoms with Crippen molar-refractivity contribution in [2.75, 3.05) is 27.2 Å². The fourth-order valence-electron chi connectivity index (χ4n) is 1.55. The topological polar surface area (TPSA) is 41.6 Å². The number of nitrogens with one attached hydrogen (secondary N) is 1. The average Bonchev–Trinajstić information content (AvgIpc) is 2.37. The summed E-state index contributed by atoms with van der Waals surface area (Å²) >= 11 is 0. The van der Waals surface area contributed by atoms with Crippen LogP contribution in [0.4, 0.5) is 0 Å². The molecule has 0 bridgehead atoms. The molecular formula is C14H18N2O2. The van der Waals surface area contributed by atoms with Crippen molar-refractivity contribution in [3.05, 3.63) is 29.8 Å². The Morgan fingerprint density at radius 1 is 1.44 bits per heavy atom. The fraction of sp³-hybridized carbons (Fsp3) is 0.357. The molecule has 0 saturated heterocycles. The van der Waals surface area contributed by atoms with Gasteiger partial charge in [-0.3, -0.25) is 9.69 Å². The molecule has 1 N–H and O–H groups in total. The maximum Gasteiger partial charge on any atom is 0.234 e. The van der Waals surface area contributed by atoms with Crippen molar-refractivity contribution in [1.29, 1.82) is 0 Å². The Hall–Kier alpha value is -1.99. The minimum absolute atomic E-state index is 0.0658. The lowest BCUT2D eigenvalue weighted by Crippen LogP contribution is -2.34. The van der Waals surface area contributed by atoms with E-state index in [2.05, 4.69) is 11.2 Å². The van der Waals surface area contributed by atoms with Crippen molar-refractivity contribution in [2.24, 2.45) is 0 Å². The van der Waals surface area contributed by atoms with Crippen LogP contribution in [0, 0.1) is 12.3 Å². The molecule has 1 aromatic carbocycles. The summed E-state index contributed by atoms with van der Waals surface area (Å²) in [5.74, 6) is 3.13. The van der Waals surface area contributed by atoms with Crippen LogP contribution in [0.25, 0.3) is 0 Å². The smallest absolute Gasteiger partial charge is 0.234 e. The van der Waals surface area contributed by atoms with Gasteiger partial charge < -0.3 is 10.1 Å². The molecule has 0 aliphatic rings. The Morgan fingerprint density at radius 3 is 2.67 bits per heavy atom. The van der Waals surface area contributed by atoms with Crippen molar-refractivity contribution in [2.45, 2.75) is 6.54 Å². The van der Waals surface area contributed by atoms with Gasteiger partial charge in [-0.1, -0.05) is 18.1 Å². The van der Waals surface area contributed by atoms with Crippen LogP contribution >= 0.6 is 0 Å². The number of methoxy groups -OCH3 is 1. The van der Waals surface area contributed by atoms with Crippen LogP contribution in [-0.2, 0) is 11.3 Å². The van der Waals surface area contributed by atoms with Crippen LogP contribution in [0.1, 0.15) is 5.56 Å². The van der Waals surface area contributed by atoms with E-state index in [4.69, 9.17) is 11.2 Å². The maximum atomic E-state index is 11.4. The lowest BCUT2D eigenvalue weighted by atomic mass is 10.2. The van der Waals surface area contributed by atoms with Gasteiger partial charge in [0.15, 0.2) is 0 Å². The summed E-state index contributed by atoms with van der Waals surface area (Å²) in [6.07, 6.45) is 5.07. The fourth-order valence-corrected chi connectivity index (χ4v) is 1.55. The standard InChI is InChI=1S/C14H18N2O2/c1-4-9-15-14(17)11-16(2)10-12-5-7-13(18-3)8-6-12/h1,5-8H,9-11H2,2-3H3,(H,15,17). The second-order valence-corrected chi connectivity index (χ2v) is 4.00. The van der Waals surface area contributed by atoms with Crippen molar-refractivity contribution < 1.29 is 9.53 Å². The number of hydrogen-bond acceptors (Lipinski definition) is 3. The second kappa shape index (κ2) is 7.36. The number of ether oxygens (including phenoxy) is 1. The first kappa shape index (κ1) is 14.1. The highest BCUT2D eigenvalue weighted by Crippen LogP contribution is 2.12. The van der Waals surface area contributed by atoms with Gasteiger partial charge in [0.1, 0.15) is 5.75 Å². The second-order valence-electron chi connectivity index (χ2n) is 4.00. The van der Waals surface area contributed by atoms with E-state index >= 15 is 0 Å². The van der Waals surface area contributed by atoms with E-state index in [-0.39, 0.29) is 12.5 Å². The zero-order chi connectivity index (χ0) is 13.4. The van der Waals surface area contributed by atoms with Gasteiger partial charge in [-0.05, 0) is 24.7 Å². The lowest BCUT2D eigenvalue weighted by Gasteiger charge is -2.16. The van der Waals surface area contributed by atoms with Crippen LogP contribution in [0.2, 0.25) is 0 Å². The molecule has 0 aromatic heterocycles. The van der Waals surface area contributed by atoms with Gasteiger partial charge in [0, 0.05) is 6.54 Å². The molecule has 4 heteroatoms. The van der Waals surface area contributed by atoms with Crippen LogP contribution in [0.3, 0.4) is 0 Å². The molecule has 0 fully saturated rings.